The highest BCUT2D eigenvalue weighted by Gasteiger charge is 2.53. The Balaban J connectivity index is 1.61. The molecule has 1 N–H and O–H groups in total. The molecule has 1 spiro atoms. The van der Waals surface area contributed by atoms with E-state index < -0.39 is 29.0 Å². The Labute approximate surface area is 222 Å². The molecule has 3 aromatic rings. The first-order valence-corrected chi connectivity index (χ1v) is 12.5. The number of nitrogens with zero attached hydrogens (tertiary/aromatic N) is 4. The van der Waals surface area contributed by atoms with Gasteiger partial charge in [0.2, 0.25) is 5.91 Å². The molecule has 3 heterocycles. The van der Waals surface area contributed by atoms with Gasteiger partial charge in [-0.15, -0.1) is 0 Å². The van der Waals surface area contributed by atoms with Crippen LogP contribution >= 0.6 is 11.6 Å². The number of likely N-dealkylation sites (N-methyl/N-ethyl adjacent to an activating group) is 1. The van der Waals surface area contributed by atoms with Gasteiger partial charge in [0, 0.05) is 28.4 Å². The van der Waals surface area contributed by atoms with Gasteiger partial charge < -0.3 is 15.1 Å². The average molecular weight is 548 g/mol. The number of likely N-dealkylation sites (tertiary alicyclic amines) is 1. The van der Waals surface area contributed by atoms with Gasteiger partial charge in [0.15, 0.2) is 0 Å². The molecule has 38 heavy (non-hydrogen) atoms. The second-order valence-electron chi connectivity index (χ2n) is 9.96. The van der Waals surface area contributed by atoms with E-state index >= 15 is 0 Å². The molecule has 2 aromatic carbocycles. The van der Waals surface area contributed by atoms with Crippen LogP contribution in [0.5, 0.6) is 0 Å². The van der Waals surface area contributed by atoms with Crippen LogP contribution in [-0.4, -0.2) is 40.9 Å². The van der Waals surface area contributed by atoms with Crippen LogP contribution in [0.15, 0.2) is 42.5 Å². The molecule has 6 nitrogen and oxygen atoms in total. The van der Waals surface area contributed by atoms with Gasteiger partial charge in [0.05, 0.1) is 23.8 Å². The first-order chi connectivity index (χ1) is 17.9. The first-order valence-electron chi connectivity index (χ1n) is 12.2. The van der Waals surface area contributed by atoms with Crippen molar-refractivity contribution in [2.75, 3.05) is 30.4 Å². The van der Waals surface area contributed by atoms with Crippen molar-refractivity contribution in [1.82, 2.24) is 14.9 Å². The van der Waals surface area contributed by atoms with Gasteiger partial charge in [-0.2, -0.15) is 13.2 Å². The predicted molar refractivity (Wildman–Crippen MR) is 137 cm³/mol. The fourth-order valence-electron chi connectivity index (χ4n) is 5.46. The normalized spacial score (nSPS) is 20.6. The second kappa shape index (κ2) is 9.50. The number of aryl methyl sites for hydroxylation is 1. The molecule has 1 aromatic heterocycles. The minimum Gasteiger partial charge on any atom is -0.363 e. The molecule has 0 aliphatic carbocycles. The summed E-state index contributed by atoms with van der Waals surface area (Å²) in [7, 11) is 1.94. The highest BCUT2D eigenvalue weighted by Crippen LogP contribution is 2.44. The minimum atomic E-state index is -4.82. The lowest BCUT2D eigenvalue weighted by Crippen LogP contribution is -2.53. The van der Waals surface area contributed by atoms with Crippen LogP contribution in [0.2, 0.25) is 5.02 Å². The van der Waals surface area contributed by atoms with Crippen molar-refractivity contribution in [2.24, 2.45) is 0 Å². The molecule has 1 fully saturated rings. The fourth-order valence-corrected chi connectivity index (χ4v) is 5.64. The highest BCUT2D eigenvalue weighted by atomic mass is 35.5. The third-order valence-electron chi connectivity index (χ3n) is 7.28. The Morgan fingerprint density at radius 1 is 1.16 bits per heavy atom. The molecule has 2 aliphatic heterocycles. The number of halogens is 5. The number of amides is 1. The summed E-state index contributed by atoms with van der Waals surface area (Å²) in [4.78, 5) is 27.0. The largest absolute Gasteiger partial charge is 0.419 e. The quantitative estimate of drug-likeness (QED) is 0.413. The highest BCUT2D eigenvalue weighted by molar-refractivity contribution is 6.31. The predicted octanol–water partition coefficient (Wildman–Crippen LogP) is 5.89. The van der Waals surface area contributed by atoms with E-state index in [1.807, 2.05) is 7.05 Å². The topological polar surface area (TPSA) is 61.4 Å². The van der Waals surface area contributed by atoms with Gasteiger partial charge >= 0.3 is 6.18 Å². The minimum absolute atomic E-state index is 0.0994. The summed E-state index contributed by atoms with van der Waals surface area (Å²) >= 11 is 6.24. The average Bonchev–Trinajstić information content (AvgIpc) is 3.23. The Bertz CT molecular complexity index is 1410. The number of benzene rings is 2. The first kappa shape index (κ1) is 26.4. The Morgan fingerprint density at radius 3 is 2.55 bits per heavy atom. The molecule has 11 heteroatoms. The number of alkyl halides is 3. The van der Waals surface area contributed by atoms with Gasteiger partial charge in [0.25, 0.3) is 0 Å². The summed E-state index contributed by atoms with van der Waals surface area (Å²) in [6.45, 7) is 4.53. The molecule has 0 bridgehead atoms. The van der Waals surface area contributed by atoms with E-state index in [4.69, 9.17) is 16.6 Å². The van der Waals surface area contributed by atoms with E-state index in [0.29, 0.717) is 53.1 Å². The molecule has 1 amide bonds. The zero-order valence-electron chi connectivity index (χ0n) is 21.0. The van der Waals surface area contributed by atoms with Crippen LogP contribution in [0.3, 0.4) is 0 Å². The van der Waals surface area contributed by atoms with Crippen LogP contribution in [-0.2, 0) is 22.9 Å². The number of anilines is 2. The SMILES string of the molecule is Cc1nc(N[C@H](C)c2cccc(C(F)(F)F)c2F)c2c(n1)C1(CCN(C)C1)C(=O)N(c1cccc(Cl)c1)C2. The molecular weight excluding hydrogens is 522 g/mol. The van der Waals surface area contributed by atoms with Crippen LogP contribution < -0.4 is 10.2 Å². The molecule has 200 valence electrons. The van der Waals surface area contributed by atoms with Crippen molar-refractivity contribution < 1.29 is 22.4 Å². The van der Waals surface area contributed by atoms with E-state index in [1.54, 1.807) is 43.0 Å². The number of carbonyl (C=O) groups excluding carboxylic acids is 1. The van der Waals surface area contributed by atoms with Crippen molar-refractivity contribution in [3.05, 3.63) is 81.5 Å². The third-order valence-corrected chi connectivity index (χ3v) is 7.51. The van der Waals surface area contributed by atoms with Gasteiger partial charge in [-0.25, -0.2) is 14.4 Å². The van der Waals surface area contributed by atoms with Gasteiger partial charge in [0.1, 0.15) is 22.9 Å². The monoisotopic (exact) mass is 547 g/mol. The maximum atomic E-state index is 14.9. The van der Waals surface area contributed by atoms with Crippen LogP contribution in [0.25, 0.3) is 0 Å². The maximum absolute atomic E-state index is 14.9. The summed E-state index contributed by atoms with van der Waals surface area (Å²) in [5.74, 6) is -0.673. The molecule has 2 aliphatic rings. The molecule has 0 saturated carbocycles. The van der Waals surface area contributed by atoms with E-state index in [9.17, 15) is 22.4 Å². The Hall–Kier alpha value is -3.24. The van der Waals surface area contributed by atoms with Crippen LogP contribution in [0.4, 0.5) is 29.1 Å². The number of rotatable bonds is 4. The second-order valence-corrected chi connectivity index (χ2v) is 10.4. The summed E-state index contributed by atoms with van der Waals surface area (Å²) < 4.78 is 54.9. The summed E-state index contributed by atoms with van der Waals surface area (Å²) in [5.41, 5.74) is -0.541. The summed E-state index contributed by atoms with van der Waals surface area (Å²) in [5, 5.41) is 3.60. The van der Waals surface area contributed by atoms with E-state index in [-0.39, 0.29) is 18.0 Å². The Kier molecular flexibility index (Phi) is 6.59. The molecule has 2 atom stereocenters. The van der Waals surface area contributed by atoms with Crippen molar-refractivity contribution in [3.63, 3.8) is 0 Å². The third kappa shape index (κ3) is 4.49. The number of hydrogen-bond donors (Lipinski definition) is 1. The van der Waals surface area contributed by atoms with Crippen LogP contribution in [0.1, 0.15) is 47.6 Å². The molecule has 0 radical (unpaired) electrons. The van der Waals surface area contributed by atoms with Crippen molar-refractivity contribution in [2.45, 2.75) is 44.4 Å². The lowest BCUT2D eigenvalue weighted by atomic mass is 9.76. The van der Waals surface area contributed by atoms with Crippen molar-refractivity contribution >= 4 is 29.0 Å². The fraction of sp³-hybridized carbons (Fsp3) is 0.370. The van der Waals surface area contributed by atoms with Gasteiger partial charge in [-0.05, 0) is 58.1 Å². The zero-order valence-corrected chi connectivity index (χ0v) is 21.8. The van der Waals surface area contributed by atoms with E-state index in [1.165, 1.54) is 12.1 Å². The van der Waals surface area contributed by atoms with Crippen molar-refractivity contribution in [1.29, 1.82) is 0 Å². The lowest BCUT2D eigenvalue weighted by molar-refractivity contribution is -0.140. The van der Waals surface area contributed by atoms with Gasteiger partial charge in [-0.3, -0.25) is 4.79 Å². The zero-order chi connectivity index (χ0) is 27.4. The number of fused-ring (bicyclic) bond motifs is 2. The molecule has 1 unspecified atom stereocenters. The van der Waals surface area contributed by atoms with Gasteiger partial charge in [-0.1, -0.05) is 29.8 Å². The lowest BCUT2D eigenvalue weighted by Gasteiger charge is -2.41. The smallest absolute Gasteiger partial charge is 0.363 e. The number of nitrogens with one attached hydrogen (secondary N) is 1. The standard InChI is InChI=1S/C27H26ClF4N5O/c1-15(19-8-5-9-21(22(19)29)27(30,31)32)33-24-20-13-37(18-7-4-6-17(28)12-18)25(38)26(10-11-36(3)14-26)23(20)34-16(2)35-24/h4-9,12,15H,10-11,13-14H2,1-3H3,(H,33,34,35)/t15-,26?/m1/s1. The maximum Gasteiger partial charge on any atom is 0.419 e. The van der Waals surface area contributed by atoms with Crippen LogP contribution in [0, 0.1) is 12.7 Å². The Morgan fingerprint density at radius 2 is 1.89 bits per heavy atom. The van der Waals surface area contributed by atoms with E-state index in [0.717, 1.165) is 6.07 Å². The van der Waals surface area contributed by atoms with Crippen molar-refractivity contribution in [3.8, 4) is 0 Å². The molecule has 5 rings (SSSR count). The molecule has 1 saturated heterocycles. The number of aromatic nitrogens is 2. The molecular formula is C27H26ClF4N5O. The number of carbonyl (C=O) groups is 1. The summed E-state index contributed by atoms with van der Waals surface area (Å²) in [6.07, 6.45) is -4.27. The number of hydrogen-bond acceptors (Lipinski definition) is 5. The van der Waals surface area contributed by atoms with E-state index in [2.05, 4.69) is 15.2 Å². The summed E-state index contributed by atoms with van der Waals surface area (Å²) in [6, 6.07) is 9.35.